The molecule has 0 saturated heterocycles. The van der Waals surface area contributed by atoms with E-state index in [-0.39, 0.29) is 24.4 Å². The molecule has 1 N–H and O–H groups in total. The van der Waals surface area contributed by atoms with Crippen molar-refractivity contribution < 1.29 is 9.59 Å². The standard InChI is InChI=1S/C35H31N7O2/c1-23(2)41(25-15-7-4-8-16-25)32(43)22-40-30-19-11-12-20-31(30)42-33(24-13-5-3-6-14-24)38-39-34(42)27(35(40)44)21-29-26-17-9-10-18-28(26)36-37-29/h3-20,23,27H,21-22H2,1-2H3,(H,36,37). The average Bonchev–Trinajstić information content (AvgIpc) is 3.65. The van der Waals surface area contributed by atoms with Gasteiger partial charge >= 0.3 is 0 Å². The van der Waals surface area contributed by atoms with E-state index < -0.39 is 5.92 Å². The van der Waals surface area contributed by atoms with Crippen LogP contribution in [0.3, 0.4) is 0 Å². The molecular formula is C35H31N7O2. The summed E-state index contributed by atoms with van der Waals surface area (Å²) in [5.74, 6) is -0.0124. The van der Waals surface area contributed by atoms with Crippen molar-refractivity contribution >= 4 is 34.1 Å². The average molecular weight is 582 g/mol. The predicted molar refractivity (Wildman–Crippen MR) is 171 cm³/mol. The van der Waals surface area contributed by atoms with Crippen LogP contribution in [0.4, 0.5) is 11.4 Å². The summed E-state index contributed by atoms with van der Waals surface area (Å²) in [7, 11) is 0. The predicted octanol–water partition coefficient (Wildman–Crippen LogP) is 5.93. The molecule has 1 aliphatic heterocycles. The van der Waals surface area contributed by atoms with Crippen LogP contribution in [0, 0.1) is 0 Å². The van der Waals surface area contributed by atoms with E-state index in [1.807, 2.05) is 128 Å². The molecule has 218 valence electrons. The number of H-pyrrole nitrogens is 1. The molecule has 44 heavy (non-hydrogen) atoms. The van der Waals surface area contributed by atoms with E-state index >= 15 is 0 Å². The van der Waals surface area contributed by atoms with Crippen LogP contribution in [0.15, 0.2) is 109 Å². The maximum Gasteiger partial charge on any atom is 0.247 e. The zero-order chi connectivity index (χ0) is 30.2. The highest BCUT2D eigenvalue weighted by atomic mass is 16.2. The van der Waals surface area contributed by atoms with Gasteiger partial charge in [-0.2, -0.15) is 5.10 Å². The number of hydrogen-bond acceptors (Lipinski definition) is 5. The Morgan fingerprint density at radius 1 is 0.841 bits per heavy atom. The number of nitrogens with one attached hydrogen (secondary N) is 1. The van der Waals surface area contributed by atoms with Crippen LogP contribution in [0.2, 0.25) is 0 Å². The minimum Gasteiger partial charge on any atom is -0.308 e. The Morgan fingerprint density at radius 3 is 2.25 bits per heavy atom. The van der Waals surface area contributed by atoms with Crippen LogP contribution >= 0.6 is 0 Å². The van der Waals surface area contributed by atoms with Gasteiger partial charge in [0, 0.05) is 34.8 Å². The van der Waals surface area contributed by atoms with Crippen molar-refractivity contribution in [2.24, 2.45) is 0 Å². The van der Waals surface area contributed by atoms with Crippen LogP contribution in [0.25, 0.3) is 28.0 Å². The maximum absolute atomic E-state index is 14.8. The van der Waals surface area contributed by atoms with Gasteiger partial charge in [0.2, 0.25) is 11.8 Å². The van der Waals surface area contributed by atoms with E-state index in [0.717, 1.165) is 33.5 Å². The first kappa shape index (κ1) is 27.3. The fourth-order valence-corrected chi connectivity index (χ4v) is 6.08. The summed E-state index contributed by atoms with van der Waals surface area (Å²) in [5, 5.41) is 17.8. The molecule has 0 radical (unpaired) electrons. The first-order chi connectivity index (χ1) is 21.5. The zero-order valence-corrected chi connectivity index (χ0v) is 24.5. The fourth-order valence-electron chi connectivity index (χ4n) is 6.08. The van der Waals surface area contributed by atoms with Gasteiger partial charge in [0.1, 0.15) is 12.5 Å². The molecule has 0 aliphatic carbocycles. The molecule has 1 aliphatic rings. The van der Waals surface area contributed by atoms with Gasteiger partial charge in [0.05, 0.1) is 16.9 Å². The Bertz CT molecular complexity index is 1960. The summed E-state index contributed by atoms with van der Waals surface area (Å²) in [4.78, 5) is 32.2. The number of para-hydroxylation sites is 4. The molecule has 0 bridgehead atoms. The third-order valence-electron chi connectivity index (χ3n) is 8.07. The third kappa shape index (κ3) is 4.72. The Labute approximate surface area is 254 Å². The Morgan fingerprint density at radius 2 is 1.50 bits per heavy atom. The molecule has 9 nitrogen and oxygen atoms in total. The van der Waals surface area contributed by atoms with Gasteiger partial charge < -0.3 is 9.80 Å². The van der Waals surface area contributed by atoms with Crippen LogP contribution < -0.4 is 9.80 Å². The van der Waals surface area contributed by atoms with Gasteiger partial charge in [-0.1, -0.05) is 78.9 Å². The van der Waals surface area contributed by atoms with Crippen LogP contribution in [-0.4, -0.2) is 49.4 Å². The van der Waals surface area contributed by atoms with Gasteiger partial charge in [-0.25, -0.2) is 0 Å². The molecule has 6 aromatic rings. The lowest BCUT2D eigenvalue weighted by molar-refractivity contribution is -0.123. The summed E-state index contributed by atoms with van der Waals surface area (Å²) in [6.45, 7) is 3.81. The lowest BCUT2D eigenvalue weighted by atomic mass is 9.98. The van der Waals surface area contributed by atoms with Gasteiger partial charge in [-0.15, -0.1) is 10.2 Å². The van der Waals surface area contributed by atoms with Crippen molar-refractivity contribution in [2.45, 2.75) is 32.2 Å². The first-order valence-corrected chi connectivity index (χ1v) is 14.7. The second-order valence-corrected chi connectivity index (χ2v) is 11.2. The Hall–Kier alpha value is -5.57. The smallest absolute Gasteiger partial charge is 0.247 e. The number of amides is 2. The molecule has 3 heterocycles. The zero-order valence-electron chi connectivity index (χ0n) is 24.5. The van der Waals surface area contributed by atoms with Gasteiger partial charge in [0.15, 0.2) is 11.6 Å². The molecule has 4 aromatic carbocycles. The van der Waals surface area contributed by atoms with E-state index in [1.165, 1.54) is 0 Å². The van der Waals surface area contributed by atoms with E-state index in [1.54, 1.807) is 9.80 Å². The number of carbonyl (C=O) groups is 2. The Balaban J connectivity index is 1.38. The highest BCUT2D eigenvalue weighted by Gasteiger charge is 2.39. The van der Waals surface area contributed by atoms with Crippen molar-refractivity contribution in [2.75, 3.05) is 16.3 Å². The van der Waals surface area contributed by atoms with Gasteiger partial charge in [-0.3, -0.25) is 19.3 Å². The molecule has 9 heteroatoms. The lowest BCUT2D eigenvalue weighted by Crippen LogP contribution is -2.47. The summed E-state index contributed by atoms with van der Waals surface area (Å²) in [6, 6.07) is 34.7. The van der Waals surface area contributed by atoms with E-state index in [2.05, 4.69) is 20.4 Å². The second-order valence-electron chi connectivity index (χ2n) is 11.2. The van der Waals surface area contributed by atoms with Crippen LogP contribution in [0.1, 0.15) is 31.3 Å². The Kier molecular flexibility index (Phi) is 6.98. The maximum atomic E-state index is 14.8. The normalized spacial score (nSPS) is 14.4. The molecule has 2 aromatic heterocycles. The second kappa shape index (κ2) is 11.3. The molecule has 0 saturated carbocycles. The van der Waals surface area contributed by atoms with Crippen LogP contribution in [0.5, 0.6) is 0 Å². The quantitative estimate of drug-likeness (QED) is 0.252. The minimum absolute atomic E-state index is 0.112. The molecule has 1 atom stereocenters. The molecule has 0 spiro atoms. The fraction of sp³-hybridized carbons (Fsp3) is 0.171. The number of aromatic amines is 1. The summed E-state index contributed by atoms with van der Waals surface area (Å²) < 4.78 is 1.97. The van der Waals surface area contributed by atoms with E-state index in [0.29, 0.717) is 23.8 Å². The van der Waals surface area contributed by atoms with E-state index in [4.69, 9.17) is 0 Å². The SMILES string of the molecule is CC(C)N(C(=O)CN1C(=O)C(Cc2[nH]nc3ccccc23)c2nnc(-c3ccccc3)n2-c2ccccc21)c1ccccc1. The molecule has 1 unspecified atom stereocenters. The van der Waals surface area contributed by atoms with Crippen molar-refractivity contribution in [3.05, 3.63) is 121 Å². The molecular weight excluding hydrogens is 550 g/mol. The number of benzene rings is 4. The minimum atomic E-state index is -0.742. The summed E-state index contributed by atoms with van der Waals surface area (Å²) in [5.41, 5.74) is 4.66. The number of rotatable bonds is 7. The number of fused-ring (bicyclic) bond motifs is 4. The molecule has 2 amide bonds. The third-order valence-corrected chi connectivity index (χ3v) is 8.07. The molecule has 7 rings (SSSR count). The number of nitrogens with zero attached hydrogens (tertiary/aromatic N) is 6. The van der Waals surface area contributed by atoms with Crippen molar-refractivity contribution in [1.29, 1.82) is 0 Å². The van der Waals surface area contributed by atoms with Crippen molar-refractivity contribution in [3.63, 3.8) is 0 Å². The topological polar surface area (TPSA) is 100 Å². The number of carbonyl (C=O) groups excluding carboxylic acids is 2. The van der Waals surface area contributed by atoms with Crippen molar-refractivity contribution in [3.8, 4) is 17.1 Å². The van der Waals surface area contributed by atoms with E-state index in [9.17, 15) is 9.59 Å². The number of anilines is 2. The molecule has 0 fully saturated rings. The van der Waals surface area contributed by atoms with Gasteiger partial charge in [-0.05, 0) is 44.2 Å². The highest BCUT2D eigenvalue weighted by Crippen LogP contribution is 2.39. The highest BCUT2D eigenvalue weighted by molar-refractivity contribution is 6.07. The largest absolute Gasteiger partial charge is 0.308 e. The summed E-state index contributed by atoms with van der Waals surface area (Å²) >= 11 is 0. The van der Waals surface area contributed by atoms with Gasteiger partial charge in [0.25, 0.3) is 0 Å². The van der Waals surface area contributed by atoms with Crippen LogP contribution in [-0.2, 0) is 16.0 Å². The van der Waals surface area contributed by atoms with Crippen molar-refractivity contribution in [1.82, 2.24) is 25.0 Å². The monoisotopic (exact) mass is 581 g/mol. The number of hydrogen-bond donors (Lipinski definition) is 1. The lowest BCUT2D eigenvalue weighted by Gasteiger charge is -2.31. The summed E-state index contributed by atoms with van der Waals surface area (Å²) in [6.07, 6.45) is 0.303. The number of aromatic nitrogens is 5. The first-order valence-electron chi connectivity index (χ1n) is 14.7.